The van der Waals surface area contributed by atoms with Gasteiger partial charge in [-0.15, -0.1) is 0 Å². The largest absolute Gasteiger partial charge is 0.372 e. The summed E-state index contributed by atoms with van der Waals surface area (Å²) < 4.78 is 1.16. The van der Waals surface area contributed by atoms with Crippen LogP contribution in [0.2, 0.25) is 0 Å². The normalized spacial score (nSPS) is 15.4. The van der Waals surface area contributed by atoms with Gasteiger partial charge in [0.05, 0.1) is 9.26 Å². The molecule has 0 spiro atoms. The molecule has 1 aliphatic rings. The molecule has 0 unspecified atom stereocenters. The number of halogens is 1. The van der Waals surface area contributed by atoms with Gasteiger partial charge in [0.25, 0.3) is 0 Å². The minimum absolute atomic E-state index is 0.847. The van der Waals surface area contributed by atoms with Crippen LogP contribution in [0.25, 0.3) is 0 Å². The molecule has 1 saturated carbocycles. The third-order valence-corrected chi connectivity index (χ3v) is 3.84. The average molecular weight is 317 g/mol. The number of aryl methyl sites for hydroxylation is 1. The molecule has 0 saturated heterocycles. The Kier molecular flexibility index (Phi) is 3.43. The Bertz CT molecular complexity index is 336. The van der Waals surface area contributed by atoms with Gasteiger partial charge in [0.2, 0.25) is 0 Å². The molecule has 4 heteroatoms. The summed E-state index contributed by atoms with van der Waals surface area (Å²) in [5.74, 6) is 2.84. The zero-order valence-electron chi connectivity index (χ0n) is 9.18. The van der Waals surface area contributed by atoms with Crippen LogP contribution in [0.15, 0.2) is 0 Å². The second kappa shape index (κ2) is 4.63. The Morgan fingerprint density at radius 2 is 2.13 bits per heavy atom. The third kappa shape index (κ3) is 2.59. The van der Waals surface area contributed by atoms with Gasteiger partial charge in [-0.3, -0.25) is 0 Å². The highest BCUT2D eigenvalue weighted by atomic mass is 127. The van der Waals surface area contributed by atoms with E-state index in [1.165, 1.54) is 18.5 Å². The molecule has 1 fully saturated rings. The first-order valence-electron chi connectivity index (χ1n) is 5.47. The maximum atomic E-state index is 4.62. The van der Waals surface area contributed by atoms with Gasteiger partial charge in [0, 0.05) is 13.5 Å². The van der Waals surface area contributed by atoms with E-state index in [4.69, 9.17) is 0 Å². The Balaban J connectivity index is 2.29. The van der Waals surface area contributed by atoms with Gasteiger partial charge in [-0.1, -0.05) is 6.92 Å². The standard InChI is InChI=1S/C11H16IN3/c1-3-8-10(12)11(13-2)15-9(14-8)6-7-4-5-7/h7H,3-6H2,1-2H3,(H,13,14,15). The maximum absolute atomic E-state index is 4.62. The highest BCUT2D eigenvalue weighted by molar-refractivity contribution is 14.1. The van der Waals surface area contributed by atoms with Crippen molar-refractivity contribution in [3.05, 3.63) is 15.1 Å². The molecule has 0 atom stereocenters. The fraction of sp³-hybridized carbons (Fsp3) is 0.636. The number of hydrogen-bond acceptors (Lipinski definition) is 3. The quantitative estimate of drug-likeness (QED) is 0.868. The number of aromatic nitrogens is 2. The number of nitrogens with one attached hydrogen (secondary N) is 1. The number of anilines is 1. The van der Waals surface area contributed by atoms with E-state index in [9.17, 15) is 0 Å². The smallest absolute Gasteiger partial charge is 0.143 e. The first-order chi connectivity index (χ1) is 7.24. The van der Waals surface area contributed by atoms with Crippen LogP contribution in [0.4, 0.5) is 5.82 Å². The van der Waals surface area contributed by atoms with E-state index in [0.717, 1.165) is 34.0 Å². The van der Waals surface area contributed by atoms with Crippen LogP contribution >= 0.6 is 22.6 Å². The van der Waals surface area contributed by atoms with Crippen molar-refractivity contribution in [2.45, 2.75) is 32.6 Å². The summed E-state index contributed by atoms with van der Waals surface area (Å²) in [5.41, 5.74) is 1.17. The Morgan fingerprint density at radius 1 is 1.40 bits per heavy atom. The van der Waals surface area contributed by atoms with Crippen molar-refractivity contribution in [1.29, 1.82) is 0 Å². The highest BCUT2D eigenvalue weighted by Gasteiger charge is 2.23. The van der Waals surface area contributed by atoms with Crippen molar-refractivity contribution >= 4 is 28.4 Å². The summed E-state index contributed by atoms with van der Waals surface area (Å²) in [4.78, 5) is 9.17. The monoisotopic (exact) mass is 317 g/mol. The molecule has 0 aliphatic heterocycles. The lowest BCUT2D eigenvalue weighted by atomic mass is 10.2. The van der Waals surface area contributed by atoms with Crippen molar-refractivity contribution in [3.8, 4) is 0 Å². The lowest BCUT2D eigenvalue weighted by molar-refractivity contribution is 0.756. The fourth-order valence-electron chi connectivity index (χ4n) is 1.62. The van der Waals surface area contributed by atoms with Gasteiger partial charge in [-0.2, -0.15) is 0 Å². The molecule has 0 amide bonds. The fourth-order valence-corrected chi connectivity index (χ4v) is 2.51. The summed E-state index contributed by atoms with van der Waals surface area (Å²) in [5, 5.41) is 3.15. The van der Waals surface area contributed by atoms with E-state index < -0.39 is 0 Å². The second-order valence-corrected chi connectivity index (χ2v) is 5.08. The predicted molar refractivity (Wildman–Crippen MR) is 70.1 cm³/mol. The van der Waals surface area contributed by atoms with Crippen molar-refractivity contribution < 1.29 is 0 Å². The first-order valence-corrected chi connectivity index (χ1v) is 6.55. The molecule has 0 radical (unpaired) electrons. The van der Waals surface area contributed by atoms with E-state index >= 15 is 0 Å². The van der Waals surface area contributed by atoms with Crippen LogP contribution in [0.5, 0.6) is 0 Å². The van der Waals surface area contributed by atoms with Crippen molar-refractivity contribution in [2.75, 3.05) is 12.4 Å². The van der Waals surface area contributed by atoms with E-state index in [1.807, 2.05) is 7.05 Å². The van der Waals surface area contributed by atoms with Crippen LogP contribution in [0.3, 0.4) is 0 Å². The SMILES string of the molecule is CCc1nc(CC2CC2)nc(NC)c1I. The zero-order valence-corrected chi connectivity index (χ0v) is 11.3. The summed E-state index contributed by atoms with van der Waals surface area (Å²) in [6, 6.07) is 0. The molecule has 3 nitrogen and oxygen atoms in total. The molecule has 1 aromatic heterocycles. The molecular formula is C11H16IN3. The summed E-state index contributed by atoms with van der Waals surface area (Å²) >= 11 is 2.32. The topological polar surface area (TPSA) is 37.8 Å². The van der Waals surface area contributed by atoms with Gasteiger partial charge < -0.3 is 5.32 Å². The molecule has 1 heterocycles. The van der Waals surface area contributed by atoms with Gasteiger partial charge >= 0.3 is 0 Å². The molecular weight excluding hydrogens is 301 g/mol. The van der Waals surface area contributed by atoms with Gasteiger partial charge in [0.15, 0.2) is 0 Å². The van der Waals surface area contributed by atoms with E-state index in [2.05, 4.69) is 44.8 Å². The van der Waals surface area contributed by atoms with Crippen molar-refractivity contribution in [2.24, 2.45) is 5.92 Å². The molecule has 0 aromatic carbocycles. The van der Waals surface area contributed by atoms with Crippen LogP contribution in [0, 0.1) is 9.49 Å². The van der Waals surface area contributed by atoms with Crippen LogP contribution < -0.4 is 5.32 Å². The molecule has 1 N–H and O–H groups in total. The summed E-state index contributed by atoms with van der Waals surface area (Å²) in [6.07, 6.45) is 4.74. The van der Waals surface area contributed by atoms with E-state index in [-0.39, 0.29) is 0 Å². The Hall–Kier alpha value is -0.390. The second-order valence-electron chi connectivity index (χ2n) is 4.00. The summed E-state index contributed by atoms with van der Waals surface area (Å²) in [6.45, 7) is 2.14. The van der Waals surface area contributed by atoms with Crippen LogP contribution in [0.1, 0.15) is 31.3 Å². The first kappa shape index (κ1) is 11.1. The molecule has 15 heavy (non-hydrogen) atoms. The predicted octanol–water partition coefficient (Wildman–Crippen LogP) is 2.64. The van der Waals surface area contributed by atoms with Crippen LogP contribution in [-0.2, 0) is 12.8 Å². The van der Waals surface area contributed by atoms with Crippen molar-refractivity contribution in [3.63, 3.8) is 0 Å². The maximum Gasteiger partial charge on any atom is 0.143 e. The Morgan fingerprint density at radius 3 is 2.67 bits per heavy atom. The molecule has 1 aliphatic carbocycles. The zero-order chi connectivity index (χ0) is 10.8. The minimum atomic E-state index is 0.847. The lowest BCUT2D eigenvalue weighted by Gasteiger charge is -2.09. The van der Waals surface area contributed by atoms with E-state index in [1.54, 1.807) is 0 Å². The molecule has 0 bridgehead atoms. The molecule has 2 rings (SSSR count). The lowest BCUT2D eigenvalue weighted by Crippen LogP contribution is -2.07. The van der Waals surface area contributed by atoms with Crippen molar-refractivity contribution in [1.82, 2.24) is 9.97 Å². The number of rotatable bonds is 4. The van der Waals surface area contributed by atoms with E-state index in [0.29, 0.717) is 0 Å². The minimum Gasteiger partial charge on any atom is -0.372 e. The van der Waals surface area contributed by atoms with Gasteiger partial charge in [-0.05, 0) is 47.8 Å². The molecule has 82 valence electrons. The highest BCUT2D eigenvalue weighted by Crippen LogP contribution is 2.32. The Labute approximate surface area is 104 Å². The average Bonchev–Trinajstić information content (AvgIpc) is 3.04. The van der Waals surface area contributed by atoms with Gasteiger partial charge in [0.1, 0.15) is 11.6 Å². The van der Waals surface area contributed by atoms with Gasteiger partial charge in [-0.25, -0.2) is 9.97 Å². The third-order valence-electron chi connectivity index (χ3n) is 2.71. The molecule has 1 aromatic rings. The van der Waals surface area contributed by atoms with Crippen LogP contribution in [-0.4, -0.2) is 17.0 Å². The number of hydrogen-bond donors (Lipinski definition) is 1. The summed E-state index contributed by atoms with van der Waals surface area (Å²) in [7, 11) is 1.92. The number of nitrogens with zero attached hydrogens (tertiary/aromatic N) is 2.